The Morgan fingerprint density at radius 1 is 1.12 bits per heavy atom. The number of hydrogen-bond donors (Lipinski definition) is 1. The van der Waals surface area contributed by atoms with Gasteiger partial charge in [-0.2, -0.15) is 0 Å². The Hall–Kier alpha value is -2.63. The summed E-state index contributed by atoms with van der Waals surface area (Å²) in [5, 5.41) is 2.92. The van der Waals surface area contributed by atoms with Crippen molar-refractivity contribution in [3.8, 4) is 17.2 Å². The number of furan rings is 1. The van der Waals surface area contributed by atoms with E-state index < -0.39 is 0 Å². The third kappa shape index (κ3) is 4.01. The minimum Gasteiger partial charge on any atom is -0.493 e. The molecule has 0 aliphatic heterocycles. The molecule has 0 bridgehead atoms. The molecule has 0 saturated carbocycles. The van der Waals surface area contributed by atoms with E-state index in [0.29, 0.717) is 17.2 Å². The number of carbonyl (C=O) groups is 1. The fraction of sp³-hybridized carbons (Fsp3) is 0.389. The molecule has 0 saturated heterocycles. The maximum absolute atomic E-state index is 12.3. The second-order valence-electron chi connectivity index (χ2n) is 5.45. The van der Waals surface area contributed by atoms with Crippen molar-refractivity contribution in [3.05, 3.63) is 41.3 Å². The van der Waals surface area contributed by atoms with Crippen LogP contribution in [0.4, 0.5) is 0 Å². The molecule has 1 unspecified atom stereocenters. The van der Waals surface area contributed by atoms with Crippen molar-refractivity contribution in [1.29, 1.82) is 0 Å². The molecule has 0 aliphatic carbocycles. The molecule has 1 atom stereocenters. The number of benzene rings is 1. The Labute approximate surface area is 141 Å². The minimum absolute atomic E-state index is 0.120. The first-order chi connectivity index (χ1) is 11.5. The lowest BCUT2D eigenvalue weighted by atomic mass is 10.1. The van der Waals surface area contributed by atoms with Gasteiger partial charge < -0.3 is 23.9 Å². The first kappa shape index (κ1) is 17.7. The molecule has 0 fully saturated rings. The monoisotopic (exact) mass is 333 g/mol. The predicted octanol–water partition coefficient (Wildman–Crippen LogP) is 3.03. The number of ether oxygens (including phenoxy) is 3. The number of nitrogens with one attached hydrogen (secondary N) is 1. The summed E-state index contributed by atoms with van der Waals surface area (Å²) in [4.78, 5) is 12.3. The number of carbonyl (C=O) groups excluding carboxylic acids is 1. The fourth-order valence-electron chi connectivity index (χ4n) is 2.47. The van der Waals surface area contributed by atoms with Gasteiger partial charge in [-0.25, -0.2) is 0 Å². The first-order valence-corrected chi connectivity index (χ1v) is 7.63. The van der Waals surface area contributed by atoms with Gasteiger partial charge in [0.1, 0.15) is 11.5 Å². The van der Waals surface area contributed by atoms with Crippen molar-refractivity contribution in [3.63, 3.8) is 0 Å². The van der Waals surface area contributed by atoms with Crippen molar-refractivity contribution in [2.45, 2.75) is 26.3 Å². The molecule has 1 N–H and O–H groups in total. The molecule has 2 rings (SSSR count). The molecule has 2 aromatic rings. The van der Waals surface area contributed by atoms with Gasteiger partial charge in [0, 0.05) is 0 Å². The van der Waals surface area contributed by atoms with E-state index in [1.165, 1.54) is 0 Å². The molecular weight excluding hydrogens is 310 g/mol. The van der Waals surface area contributed by atoms with Crippen LogP contribution < -0.4 is 19.5 Å². The van der Waals surface area contributed by atoms with E-state index in [9.17, 15) is 4.79 Å². The van der Waals surface area contributed by atoms with Crippen LogP contribution in [-0.2, 0) is 11.2 Å². The number of amides is 1. The lowest BCUT2D eigenvalue weighted by Crippen LogP contribution is -2.27. The van der Waals surface area contributed by atoms with E-state index in [1.54, 1.807) is 33.5 Å². The second-order valence-corrected chi connectivity index (χ2v) is 5.45. The maximum Gasteiger partial charge on any atom is 0.225 e. The largest absolute Gasteiger partial charge is 0.493 e. The van der Waals surface area contributed by atoms with Crippen LogP contribution in [0.3, 0.4) is 0 Å². The van der Waals surface area contributed by atoms with Gasteiger partial charge in [0.15, 0.2) is 11.5 Å². The van der Waals surface area contributed by atoms with Gasteiger partial charge >= 0.3 is 0 Å². The third-order valence-electron chi connectivity index (χ3n) is 3.65. The van der Waals surface area contributed by atoms with E-state index in [0.717, 1.165) is 17.1 Å². The SMILES string of the molecule is COc1cc(CC(=O)NC(C)c2ccc(C)o2)cc(OC)c1OC. The molecule has 1 heterocycles. The molecule has 24 heavy (non-hydrogen) atoms. The topological polar surface area (TPSA) is 69.9 Å². The summed E-state index contributed by atoms with van der Waals surface area (Å²) in [6, 6.07) is 7.07. The number of hydrogen-bond acceptors (Lipinski definition) is 5. The number of rotatable bonds is 7. The van der Waals surface area contributed by atoms with E-state index >= 15 is 0 Å². The lowest BCUT2D eigenvalue weighted by molar-refractivity contribution is -0.121. The second kappa shape index (κ2) is 7.77. The van der Waals surface area contributed by atoms with Gasteiger partial charge in [-0.3, -0.25) is 4.79 Å². The Bertz CT molecular complexity index is 682. The Morgan fingerprint density at radius 2 is 1.75 bits per heavy atom. The van der Waals surface area contributed by atoms with Crippen molar-refractivity contribution >= 4 is 5.91 Å². The van der Waals surface area contributed by atoms with Crippen LogP contribution in [0, 0.1) is 6.92 Å². The van der Waals surface area contributed by atoms with Crippen LogP contribution in [-0.4, -0.2) is 27.2 Å². The van der Waals surface area contributed by atoms with Crippen LogP contribution >= 0.6 is 0 Å². The molecule has 6 nitrogen and oxygen atoms in total. The van der Waals surface area contributed by atoms with Gasteiger partial charge in [-0.1, -0.05) is 0 Å². The summed E-state index contributed by atoms with van der Waals surface area (Å²) >= 11 is 0. The molecule has 1 aromatic carbocycles. The summed E-state index contributed by atoms with van der Waals surface area (Å²) in [5.41, 5.74) is 0.768. The summed E-state index contributed by atoms with van der Waals surface area (Å²) in [7, 11) is 4.63. The highest BCUT2D eigenvalue weighted by molar-refractivity contribution is 5.79. The average Bonchev–Trinajstić information content (AvgIpc) is 3.00. The molecular formula is C18H23NO5. The summed E-state index contributed by atoms with van der Waals surface area (Å²) in [6.07, 6.45) is 0.195. The Balaban J connectivity index is 2.11. The lowest BCUT2D eigenvalue weighted by Gasteiger charge is -2.15. The first-order valence-electron chi connectivity index (χ1n) is 7.63. The van der Waals surface area contributed by atoms with E-state index in [2.05, 4.69) is 5.32 Å². The minimum atomic E-state index is -0.201. The molecule has 0 spiro atoms. The summed E-state index contributed by atoms with van der Waals surface area (Å²) < 4.78 is 21.4. The van der Waals surface area contributed by atoms with Crippen LogP contribution in [0.25, 0.3) is 0 Å². The number of aryl methyl sites for hydroxylation is 1. The van der Waals surface area contributed by atoms with Gasteiger partial charge in [-0.05, 0) is 43.7 Å². The Kier molecular flexibility index (Phi) is 5.73. The smallest absolute Gasteiger partial charge is 0.225 e. The predicted molar refractivity (Wildman–Crippen MR) is 89.8 cm³/mol. The Morgan fingerprint density at radius 3 is 2.21 bits per heavy atom. The normalized spacial score (nSPS) is 11.7. The molecule has 130 valence electrons. The van der Waals surface area contributed by atoms with E-state index in [1.807, 2.05) is 26.0 Å². The zero-order chi connectivity index (χ0) is 17.7. The average molecular weight is 333 g/mol. The van der Waals surface area contributed by atoms with Crippen molar-refractivity contribution in [1.82, 2.24) is 5.32 Å². The molecule has 1 aromatic heterocycles. The van der Waals surface area contributed by atoms with Crippen LogP contribution in [0.15, 0.2) is 28.7 Å². The maximum atomic E-state index is 12.3. The van der Waals surface area contributed by atoms with Crippen molar-refractivity contribution < 1.29 is 23.4 Å². The van der Waals surface area contributed by atoms with Gasteiger partial charge in [0.2, 0.25) is 11.7 Å². The highest BCUT2D eigenvalue weighted by atomic mass is 16.5. The zero-order valence-electron chi connectivity index (χ0n) is 14.6. The van der Waals surface area contributed by atoms with Crippen molar-refractivity contribution in [2.75, 3.05) is 21.3 Å². The summed E-state index contributed by atoms with van der Waals surface area (Å²) in [5.74, 6) is 2.97. The molecule has 1 amide bonds. The molecule has 0 aliphatic rings. The highest BCUT2D eigenvalue weighted by Crippen LogP contribution is 2.38. The number of methoxy groups -OCH3 is 3. The van der Waals surface area contributed by atoms with Crippen LogP contribution in [0.2, 0.25) is 0 Å². The third-order valence-corrected chi connectivity index (χ3v) is 3.65. The highest BCUT2D eigenvalue weighted by Gasteiger charge is 2.17. The fourth-order valence-corrected chi connectivity index (χ4v) is 2.47. The van der Waals surface area contributed by atoms with Gasteiger partial charge in [0.05, 0.1) is 33.8 Å². The van der Waals surface area contributed by atoms with E-state index in [-0.39, 0.29) is 18.4 Å². The van der Waals surface area contributed by atoms with E-state index in [4.69, 9.17) is 18.6 Å². The van der Waals surface area contributed by atoms with Gasteiger partial charge in [-0.15, -0.1) is 0 Å². The quantitative estimate of drug-likeness (QED) is 0.843. The molecule has 0 radical (unpaired) electrons. The standard InChI is InChI=1S/C18H23NO5/c1-11-6-7-14(24-11)12(2)19-17(20)10-13-8-15(21-3)18(23-5)16(9-13)22-4/h6-9,12H,10H2,1-5H3,(H,19,20). The molecule has 6 heteroatoms. The van der Waals surface area contributed by atoms with Crippen LogP contribution in [0.5, 0.6) is 17.2 Å². The summed E-state index contributed by atoms with van der Waals surface area (Å²) in [6.45, 7) is 3.75. The van der Waals surface area contributed by atoms with Crippen LogP contribution in [0.1, 0.15) is 30.0 Å². The van der Waals surface area contributed by atoms with Crippen molar-refractivity contribution in [2.24, 2.45) is 0 Å². The van der Waals surface area contributed by atoms with Gasteiger partial charge in [0.25, 0.3) is 0 Å². The zero-order valence-corrected chi connectivity index (χ0v) is 14.6.